The number of hydrogen-bond donors (Lipinski definition) is 2. The zero-order valence-electron chi connectivity index (χ0n) is 15.6. The first-order chi connectivity index (χ1) is 13.3. The molecule has 3 heteroatoms. The summed E-state index contributed by atoms with van der Waals surface area (Å²) in [4.78, 5) is 0. The first kappa shape index (κ1) is 20.8. The maximum absolute atomic E-state index is 9.69. The van der Waals surface area contributed by atoms with E-state index in [-0.39, 0.29) is 0 Å². The smallest absolute Gasteiger partial charge is 0.118 e. The highest BCUT2D eigenvalue weighted by Crippen LogP contribution is 2.18. The third-order valence-corrected chi connectivity index (χ3v) is 4.77. The highest BCUT2D eigenvalue weighted by atomic mass is 32.2. The Morgan fingerprint density at radius 2 is 1.07 bits per heavy atom. The van der Waals surface area contributed by atoms with E-state index in [1.807, 2.05) is 36.4 Å². The van der Waals surface area contributed by atoms with Crippen LogP contribution >= 0.6 is 11.8 Å². The van der Waals surface area contributed by atoms with Gasteiger partial charge in [0, 0.05) is 12.8 Å². The molecule has 0 unspecified atom stereocenters. The SMILES string of the molecule is Oc1ccccc1CCCC#CCSCC#CCCCc1ccccc1O. The fourth-order valence-electron chi connectivity index (χ4n) is 2.61. The third-order valence-electron chi connectivity index (χ3n) is 4.08. The first-order valence-electron chi connectivity index (χ1n) is 9.30. The van der Waals surface area contributed by atoms with Gasteiger partial charge in [-0.25, -0.2) is 0 Å². The van der Waals surface area contributed by atoms with Gasteiger partial charge < -0.3 is 10.2 Å². The van der Waals surface area contributed by atoms with Gasteiger partial charge in [-0.15, -0.1) is 23.6 Å². The molecule has 2 aromatic rings. The van der Waals surface area contributed by atoms with Crippen LogP contribution in [0.4, 0.5) is 0 Å². The number of aryl methyl sites for hydroxylation is 2. The van der Waals surface area contributed by atoms with Crippen molar-refractivity contribution < 1.29 is 10.2 Å². The van der Waals surface area contributed by atoms with Crippen LogP contribution in [0.3, 0.4) is 0 Å². The predicted octanol–water partition coefficient (Wildman–Crippen LogP) is 5.18. The highest BCUT2D eigenvalue weighted by Gasteiger charge is 1.98. The van der Waals surface area contributed by atoms with Gasteiger partial charge in [0.1, 0.15) is 11.5 Å². The Hall–Kier alpha value is -2.49. The summed E-state index contributed by atoms with van der Waals surface area (Å²) in [6, 6.07) is 14.9. The van der Waals surface area contributed by atoms with E-state index < -0.39 is 0 Å². The molecule has 0 fully saturated rings. The zero-order valence-corrected chi connectivity index (χ0v) is 16.4. The van der Waals surface area contributed by atoms with E-state index in [0.29, 0.717) is 11.5 Å². The number of rotatable bonds is 8. The molecule has 2 N–H and O–H groups in total. The quantitative estimate of drug-likeness (QED) is 0.491. The van der Waals surface area contributed by atoms with Crippen molar-refractivity contribution in [2.45, 2.75) is 38.5 Å². The summed E-state index contributed by atoms with van der Waals surface area (Å²) < 4.78 is 0. The molecule has 0 bridgehead atoms. The number of aromatic hydroxyl groups is 2. The van der Waals surface area contributed by atoms with E-state index in [9.17, 15) is 10.2 Å². The number of phenols is 2. The van der Waals surface area contributed by atoms with Gasteiger partial charge >= 0.3 is 0 Å². The maximum atomic E-state index is 9.69. The van der Waals surface area contributed by atoms with Crippen molar-refractivity contribution in [1.29, 1.82) is 0 Å². The molecule has 2 nitrogen and oxygen atoms in total. The van der Waals surface area contributed by atoms with Crippen LogP contribution < -0.4 is 0 Å². The highest BCUT2D eigenvalue weighted by molar-refractivity contribution is 7.99. The van der Waals surface area contributed by atoms with Crippen LogP contribution in [0.5, 0.6) is 11.5 Å². The summed E-state index contributed by atoms with van der Waals surface area (Å²) in [6.07, 6.45) is 5.36. The van der Waals surface area contributed by atoms with E-state index in [1.165, 1.54) is 0 Å². The molecule has 27 heavy (non-hydrogen) atoms. The Kier molecular flexibility index (Phi) is 9.87. The molecule has 0 saturated carbocycles. The van der Waals surface area contributed by atoms with Crippen LogP contribution in [0.25, 0.3) is 0 Å². The van der Waals surface area contributed by atoms with Crippen molar-refractivity contribution >= 4 is 11.8 Å². The molecule has 2 rings (SSSR count). The minimum absolute atomic E-state index is 0.375. The lowest BCUT2D eigenvalue weighted by atomic mass is 10.1. The maximum Gasteiger partial charge on any atom is 0.118 e. The van der Waals surface area contributed by atoms with Crippen molar-refractivity contribution in [3.63, 3.8) is 0 Å². The average Bonchev–Trinajstić information content (AvgIpc) is 2.68. The van der Waals surface area contributed by atoms with Crippen molar-refractivity contribution in [2.24, 2.45) is 0 Å². The van der Waals surface area contributed by atoms with Crippen molar-refractivity contribution in [3.05, 3.63) is 59.7 Å². The lowest BCUT2D eigenvalue weighted by Gasteiger charge is -2.01. The van der Waals surface area contributed by atoms with Gasteiger partial charge in [0.25, 0.3) is 0 Å². The molecular weight excluding hydrogens is 352 g/mol. The number of benzene rings is 2. The van der Waals surface area contributed by atoms with Gasteiger partial charge in [0.15, 0.2) is 0 Å². The Morgan fingerprint density at radius 3 is 1.52 bits per heavy atom. The lowest BCUT2D eigenvalue weighted by molar-refractivity contribution is 0.467. The van der Waals surface area contributed by atoms with Crippen molar-refractivity contribution in [2.75, 3.05) is 11.5 Å². The molecule has 0 aromatic heterocycles. The second-order valence-electron chi connectivity index (χ2n) is 6.16. The average molecular weight is 379 g/mol. The summed E-state index contributed by atoms with van der Waals surface area (Å²) in [7, 11) is 0. The van der Waals surface area contributed by atoms with Crippen LogP contribution in [0.1, 0.15) is 36.8 Å². The molecule has 0 saturated heterocycles. The summed E-state index contributed by atoms with van der Waals surface area (Å²) in [5, 5.41) is 19.4. The van der Waals surface area contributed by atoms with E-state index >= 15 is 0 Å². The van der Waals surface area contributed by atoms with Crippen LogP contribution in [-0.2, 0) is 12.8 Å². The molecule has 140 valence electrons. The standard InChI is InChI=1S/C24H26O2S/c25-23-17-9-7-15-21(23)13-5-1-3-11-19-27-20-12-4-2-6-14-22-16-8-10-18-24(22)26/h7-10,15-18,25-26H,1-2,5-6,13-14,19-20H2. The minimum Gasteiger partial charge on any atom is -0.508 e. The molecule has 0 heterocycles. The van der Waals surface area contributed by atoms with Crippen molar-refractivity contribution in [3.8, 4) is 35.2 Å². The van der Waals surface area contributed by atoms with Gasteiger partial charge in [0.05, 0.1) is 11.5 Å². The molecule has 0 aliphatic carbocycles. The minimum atomic E-state index is 0.375. The number of hydrogen-bond acceptors (Lipinski definition) is 3. The van der Waals surface area contributed by atoms with Gasteiger partial charge in [-0.1, -0.05) is 48.2 Å². The molecular formula is C24H26O2S. The first-order valence-corrected chi connectivity index (χ1v) is 10.5. The molecule has 0 amide bonds. The van der Waals surface area contributed by atoms with Crippen LogP contribution in [-0.4, -0.2) is 21.7 Å². The molecule has 0 radical (unpaired) electrons. The van der Waals surface area contributed by atoms with E-state index in [1.54, 1.807) is 23.9 Å². The molecule has 2 aromatic carbocycles. The second kappa shape index (κ2) is 12.8. The van der Waals surface area contributed by atoms with E-state index in [0.717, 1.165) is 61.2 Å². The number of thioether (sulfide) groups is 1. The van der Waals surface area contributed by atoms with E-state index in [4.69, 9.17) is 0 Å². The Morgan fingerprint density at radius 1 is 0.630 bits per heavy atom. The van der Waals surface area contributed by atoms with Gasteiger partial charge in [-0.2, -0.15) is 0 Å². The molecule has 0 atom stereocenters. The van der Waals surface area contributed by atoms with Crippen LogP contribution in [0.15, 0.2) is 48.5 Å². The predicted molar refractivity (Wildman–Crippen MR) is 115 cm³/mol. The summed E-state index contributed by atoms with van der Waals surface area (Å²) in [5.41, 5.74) is 1.98. The summed E-state index contributed by atoms with van der Waals surface area (Å²) in [6.45, 7) is 0. The molecule has 0 aliphatic heterocycles. The number of para-hydroxylation sites is 2. The largest absolute Gasteiger partial charge is 0.508 e. The fourth-order valence-corrected chi connectivity index (χ4v) is 3.12. The normalized spacial score (nSPS) is 9.78. The van der Waals surface area contributed by atoms with Crippen LogP contribution in [0.2, 0.25) is 0 Å². The third kappa shape index (κ3) is 8.63. The Bertz CT molecular complexity index is 752. The zero-order chi connectivity index (χ0) is 19.2. The number of unbranched alkanes of at least 4 members (excludes halogenated alkanes) is 2. The Balaban J connectivity index is 1.48. The summed E-state index contributed by atoms with van der Waals surface area (Å²) in [5.74, 6) is 15.1. The lowest BCUT2D eigenvalue weighted by Crippen LogP contribution is -1.85. The monoisotopic (exact) mass is 378 g/mol. The topological polar surface area (TPSA) is 40.5 Å². The number of phenolic OH excluding ortho intramolecular Hbond substituents is 2. The molecule has 0 aliphatic rings. The summed E-state index contributed by atoms with van der Waals surface area (Å²) >= 11 is 1.74. The Labute approximate surface area is 167 Å². The molecule has 0 spiro atoms. The van der Waals surface area contributed by atoms with E-state index in [2.05, 4.69) is 23.7 Å². The van der Waals surface area contributed by atoms with Gasteiger partial charge in [-0.3, -0.25) is 0 Å². The van der Waals surface area contributed by atoms with Gasteiger partial charge in [0.2, 0.25) is 0 Å². The van der Waals surface area contributed by atoms with Crippen molar-refractivity contribution in [1.82, 2.24) is 0 Å². The van der Waals surface area contributed by atoms with Crippen LogP contribution in [0, 0.1) is 23.7 Å². The second-order valence-corrected chi connectivity index (χ2v) is 7.15. The van der Waals surface area contributed by atoms with Gasteiger partial charge in [-0.05, 0) is 48.9 Å². The fraction of sp³-hybridized carbons (Fsp3) is 0.333.